The summed E-state index contributed by atoms with van der Waals surface area (Å²) in [4.78, 5) is 12.4. The van der Waals surface area contributed by atoms with Crippen molar-refractivity contribution in [1.82, 2.24) is 14.9 Å². The van der Waals surface area contributed by atoms with Gasteiger partial charge in [0.1, 0.15) is 11.6 Å². The van der Waals surface area contributed by atoms with Crippen molar-refractivity contribution >= 4 is 23.4 Å². The molecule has 9 heteroatoms. The van der Waals surface area contributed by atoms with Gasteiger partial charge in [-0.05, 0) is 48.9 Å². The number of anilines is 1. The second-order valence-corrected chi connectivity index (χ2v) is 7.36. The van der Waals surface area contributed by atoms with Crippen LogP contribution in [-0.2, 0) is 11.2 Å². The molecule has 0 spiro atoms. The first-order valence-corrected chi connectivity index (χ1v) is 9.39. The first kappa shape index (κ1) is 19.7. The van der Waals surface area contributed by atoms with Crippen molar-refractivity contribution in [3.05, 3.63) is 65.7 Å². The number of nitrogens with two attached hydrogens (primary N) is 1. The standard InChI is InChI=1S/C19H20FN5O2S/c1-12(18(26)22-15-7-9-16(27-2)10-8-15)28-19-24-23-17(25(19)21)11-13-3-5-14(20)6-4-13/h3-10,12H,11,21H2,1-2H3,(H,22,26)/t12-/m1/s1. The number of carbonyl (C=O) groups excluding carboxylic acids is 1. The summed E-state index contributed by atoms with van der Waals surface area (Å²) in [6.07, 6.45) is 0.413. The molecule has 2 aromatic carbocycles. The van der Waals surface area contributed by atoms with Crippen molar-refractivity contribution in [3.8, 4) is 5.75 Å². The highest BCUT2D eigenvalue weighted by Crippen LogP contribution is 2.23. The number of aromatic nitrogens is 3. The molecule has 3 aromatic rings. The summed E-state index contributed by atoms with van der Waals surface area (Å²) in [7, 11) is 1.58. The van der Waals surface area contributed by atoms with E-state index in [0.717, 1.165) is 5.56 Å². The molecular formula is C19H20FN5O2S. The maximum Gasteiger partial charge on any atom is 0.237 e. The topological polar surface area (TPSA) is 95.1 Å². The number of thioether (sulfide) groups is 1. The largest absolute Gasteiger partial charge is 0.497 e. The van der Waals surface area contributed by atoms with Crippen molar-refractivity contribution < 1.29 is 13.9 Å². The van der Waals surface area contributed by atoms with Crippen LogP contribution in [0.15, 0.2) is 53.7 Å². The van der Waals surface area contributed by atoms with Gasteiger partial charge in [0.15, 0.2) is 5.82 Å². The number of rotatable bonds is 7. The number of amides is 1. The summed E-state index contributed by atoms with van der Waals surface area (Å²) < 4.78 is 19.5. The number of ether oxygens (including phenoxy) is 1. The fourth-order valence-electron chi connectivity index (χ4n) is 2.42. The SMILES string of the molecule is COc1ccc(NC(=O)[C@@H](C)Sc2nnc(Cc3ccc(F)cc3)n2N)cc1. The number of nitrogens with zero attached hydrogens (tertiary/aromatic N) is 3. The number of nitrogens with one attached hydrogen (secondary N) is 1. The van der Waals surface area contributed by atoms with Gasteiger partial charge < -0.3 is 15.9 Å². The molecule has 0 fully saturated rings. The van der Waals surface area contributed by atoms with Gasteiger partial charge in [-0.15, -0.1) is 10.2 Å². The Balaban J connectivity index is 1.61. The van der Waals surface area contributed by atoms with Gasteiger partial charge in [0.05, 0.1) is 12.4 Å². The second-order valence-electron chi connectivity index (χ2n) is 6.05. The molecular weight excluding hydrogens is 381 g/mol. The third kappa shape index (κ3) is 4.80. The first-order valence-electron chi connectivity index (χ1n) is 8.51. The molecule has 0 saturated carbocycles. The lowest BCUT2D eigenvalue weighted by molar-refractivity contribution is -0.115. The highest BCUT2D eigenvalue weighted by atomic mass is 32.2. The lowest BCUT2D eigenvalue weighted by Crippen LogP contribution is -2.23. The minimum Gasteiger partial charge on any atom is -0.497 e. The average molecular weight is 401 g/mol. The molecule has 1 atom stereocenters. The van der Waals surface area contributed by atoms with Crippen LogP contribution in [-0.4, -0.2) is 33.1 Å². The summed E-state index contributed by atoms with van der Waals surface area (Å²) in [5.41, 5.74) is 1.53. The summed E-state index contributed by atoms with van der Waals surface area (Å²) in [5, 5.41) is 11.0. The fraction of sp³-hybridized carbons (Fsp3) is 0.211. The maximum atomic E-state index is 13.0. The average Bonchev–Trinajstić information content (AvgIpc) is 3.03. The van der Waals surface area contributed by atoms with Gasteiger partial charge in [-0.25, -0.2) is 9.07 Å². The molecule has 28 heavy (non-hydrogen) atoms. The van der Waals surface area contributed by atoms with E-state index in [9.17, 15) is 9.18 Å². The number of methoxy groups -OCH3 is 1. The number of nitrogen functional groups attached to an aromatic ring is 1. The molecule has 0 aliphatic carbocycles. The van der Waals surface area contributed by atoms with Crippen LogP contribution in [0, 0.1) is 5.82 Å². The van der Waals surface area contributed by atoms with Crippen LogP contribution in [0.1, 0.15) is 18.3 Å². The van der Waals surface area contributed by atoms with E-state index in [1.807, 2.05) is 0 Å². The zero-order valence-electron chi connectivity index (χ0n) is 15.4. The number of hydrogen-bond acceptors (Lipinski definition) is 6. The molecule has 0 saturated heterocycles. The molecule has 0 aliphatic rings. The van der Waals surface area contributed by atoms with Crippen LogP contribution >= 0.6 is 11.8 Å². The Morgan fingerprint density at radius 2 is 1.89 bits per heavy atom. The van der Waals surface area contributed by atoms with Crippen LogP contribution < -0.4 is 15.9 Å². The van der Waals surface area contributed by atoms with Crippen LogP contribution in [0.3, 0.4) is 0 Å². The molecule has 7 nitrogen and oxygen atoms in total. The van der Waals surface area contributed by atoms with Crippen molar-refractivity contribution in [2.75, 3.05) is 18.3 Å². The highest BCUT2D eigenvalue weighted by Gasteiger charge is 2.19. The predicted octanol–water partition coefficient (Wildman–Crippen LogP) is 2.85. The van der Waals surface area contributed by atoms with Gasteiger partial charge in [-0.1, -0.05) is 23.9 Å². The zero-order valence-corrected chi connectivity index (χ0v) is 16.2. The summed E-state index contributed by atoms with van der Waals surface area (Å²) >= 11 is 1.21. The normalized spacial score (nSPS) is 11.8. The van der Waals surface area contributed by atoms with Gasteiger partial charge >= 0.3 is 0 Å². The van der Waals surface area contributed by atoms with Crippen LogP contribution in [0.4, 0.5) is 10.1 Å². The van der Waals surface area contributed by atoms with Gasteiger partial charge in [-0.3, -0.25) is 4.79 Å². The lowest BCUT2D eigenvalue weighted by Gasteiger charge is -2.12. The van der Waals surface area contributed by atoms with Crippen molar-refractivity contribution in [2.45, 2.75) is 23.8 Å². The van der Waals surface area contributed by atoms with E-state index in [1.54, 1.807) is 50.4 Å². The van der Waals surface area contributed by atoms with E-state index in [4.69, 9.17) is 10.6 Å². The van der Waals surface area contributed by atoms with Crippen molar-refractivity contribution in [1.29, 1.82) is 0 Å². The minimum atomic E-state index is -0.438. The fourth-order valence-corrected chi connectivity index (χ4v) is 3.21. The van der Waals surface area contributed by atoms with E-state index < -0.39 is 5.25 Å². The monoisotopic (exact) mass is 401 g/mol. The Kier molecular flexibility index (Phi) is 6.15. The lowest BCUT2D eigenvalue weighted by atomic mass is 10.1. The van der Waals surface area contributed by atoms with Gasteiger partial charge in [-0.2, -0.15) is 0 Å². The number of hydrogen-bond donors (Lipinski definition) is 2. The van der Waals surface area contributed by atoms with Crippen LogP contribution in [0.5, 0.6) is 5.75 Å². The molecule has 3 N–H and O–H groups in total. The molecule has 1 heterocycles. The first-order chi connectivity index (χ1) is 13.5. The molecule has 0 radical (unpaired) electrons. The quantitative estimate of drug-likeness (QED) is 0.467. The van der Waals surface area contributed by atoms with Crippen LogP contribution in [0.25, 0.3) is 0 Å². The molecule has 0 unspecified atom stereocenters. The maximum absolute atomic E-state index is 13.0. The van der Waals surface area contributed by atoms with E-state index in [1.165, 1.54) is 28.6 Å². The Hall–Kier alpha value is -3.07. The number of benzene rings is 2. The Labute approximate surface area is 166 Å². The highest BCUT2D eigenvalue weighted by molar-refractivity contribution is 8.00. The zero-order chi connectivity index (χ0) is 20.1. The predicted molar refractivity (Wildman–Crippen MR) is 106 cm³/mol. The summed E-state index contributed by atoms with van der Waals surface area (Å²) in [6.45, 7) is 1.76. The third-order valence-corrected chi connectivity index (χ3v) is 5.08. The van der Waals surface area contributed by atoms with E-state index in [2.05, 4.69) is 15.5 Å². The minimum absolute atomic E-state index is 0.182. The molecule has 1 amide bonds. The third-order valence-electron chi connectivity index (χ3n) is 4.02. The Morgan fingerprint density at radius 3 is 2.54 bits per heavy atom. The molecule has 0 aliphatic heterocycles. The smallest absolute Gasteiger partial charge is 0.237 e. The Morgan fingerprint density at radius 1 is 1.21 bits per heavy atom. The molecule has 3 rings (SSSR count). The van der Waals surface area contributed by atoms with Crippen LogP contribution in [0.2, 0.25) is 0 Å². The molecule has 0 bridgehead atoms. The second kappa shape index (κ2) is 8.75. The van der Waals surface area contributed by atoms with Crippen molar-refractivity contribution in [3.63, 3.8) is 0 Å². The van der Waals surface area contributed by atoms with Crippen molar-refractivity contribution in [2.24, 2.45) is 0 Å². The summed E-state index contributed by atoms with van der Waals surface area (Å²) in [6, 6.07) is 13.2. The number of halogens is 1. The molecule has 146 valence electrons. The van der Waals surface area contributed by atoms with E-state index >= 15 is 0 Å². The van der Waals surface area contributed by atoms with Gasteiger partial charge in [0.25, 0.3) is 0 Å². The number of carbonyl (C=O) groups is 1. The molecule has 1 aromatic heterocycles. The summed E-state index contributed by atoms with van der Waals surface area (Å²) in [5.74, 6) is 6.82. The van der Waals surface area contributed by atoms with Gasteiger partial charge in [0.2, 0.25) is 11.1 Å². The van der Waals surface area contributed by atoms with E-state index in [-0.39, 0.29) is 11.7 Å². The van der Waals surface area contributed by atoms with Gasteiger partial charge in [0, 0.05) is 12.1 Å². The Bertz CT molecular complexity index is 944. The van der Waals surface area contributed by atoms with E-state index in [0.29, 0.717) is 28.8 Å².